The van der Waals surface area contributed by atoms with Crippen molar-refractivity contribution in [2.45, 2.75) is 63.2 Å². The van der Waals surface area contributed by atoms with Crippen molar-refractivity contribution in [3.63, 3.8) is 0 Å². The van der Waals surface area contributed by atoms with E-state index in [-0.39, 0.29) is 18.0 Å². The first kappa shape index (κ1) is 23.7. The van der Waals surface area contributed by atoms with Gasteiger partial charge in [-0.05, 0) is 61.4 Å². The van der Waals surface area contributed by atoms with Crippen molar-refractivity contribution in [3.05, 3.63) is 34.9 Å². The number of imide groups is 2. The lowest BCUT2D eigenvalue weighted by Gasteiger charge is -2.50. The van der Waals surface area contributed by atoms with Gasteiger partial charge in [0.15, 0.2) is 5.41 Å². The van der Waals surface area contributed by atoms with Crippen molar-refractivity contribution < 1.29 is 33.4 Å². The smallest absolute Gasteiger partial charge is 0.348 e. The van der Waals surface area contributed by atoms with Gasteiger partial charge in [-0.3, -0.25) is 19.4 Å². The molecule has 3 saturated heterocycles. The third kappa shape index (κ3) is 3.34. The number of nitrogens with zero attached hydrogens (tertiary/aromatic N) is 3. The molecule has 6 rings (SSSR count). The number of carbonyl (C=O) groups is 5. The molecule has 5 aliphatic rings. The molecule has 37 heavy (non-hydrogen) atoms. The lowest BCUT2D eigenvalue weighted by Crippen LogP contribution is -2.70. The summed E-state index contributed by atoms with van der Waals surface area (Å²) in [6, 6.07) is 4.50. The molecule has 0 aromatic heterocycles. The third-order valence-electron chi connectivity index (χ3n) is 8.57. The fourth-order valence-electron chi connectivity index (χ4n) is 6.76. The molecule has 10 heteroatoms. The van der Waals surface area contributed by atoms with E-state index in [4.69, 9.17) is 9.47 Å². The van der Waals surface area contributed by atoms with Gasteiger partial charge in [-0.25, -0.2) is 14.4 Å². The summed E-state index contributed by atoms with van der Waals surface area (Å²) in [7, 11) is 2.81. The Hall–Kier alpha value is -3.69. The Morgan fingerprint density at radius 2 is 1.54 bits per heavy atom. The highest BCUT2D eigenvalue weighted by molar-refractivity contribution is 6.20. The SMILES string of the molecule is CN1C(=O)N(C)C(=O)C2(Cc3cc(C=C4C(=O)OC5(CCCCC5)OC4=O)ccc3N3CCC[C@@H]32)C1=O. The quantitative estimate of drug-likeness (QED) is 0.246. The molecule has 4 heterocycles. The minimum atomic E-state index is -1.41. The predicted octanol–water partition coefficient (Wildman–Crippen LogP) is 2.39. The van der Waals surface area contributed by atoms with Crippen molar-refractivity contribution >= 4 is 41.5 Å². The van der Waals surface area contributed by atoms with Crippen molar-refractivity contribution in [1.29, 1.82) is 0 Å². The number of esters is 2. The Morgan fingerprint density at radius 1 is 0.892 bits per heavy atom. The molecule has 1 saturated carbocycles. The number of hydrogen-bond donors (Lipinski definition) is 0. The van der Waals surface area contributed by atoms with Crippen LogP contribution in [0.2, 0.25) is 0 Å². The van der Waals surface area contributed by atoms with Crippen LogP contribution < -0.4 is 4.90 Å². The van der Waals surface area contributed by atoms with Crippen molar-refractivity contribution in [1.82, 2.24) is 9.80 Å². The van der Waals surface area contributed by atoms with Crippen LogP contribution in [-0.2, 0) is 35.1 Å². The monoisotopic (exact) mass is 507 g/mol. The highest BCUT2D eigenvalue weighted by atomic mass is 16.7. The number of hydrogen-bond acceptors (Lipinski definition) is 8. The van der Waals surface area contributed by atoms with Crippen LogP contribution in [0, 0.1) is 5.41 Å². The summed E-state index contributed by atoms with van der Waals surface area (Å²) in [5.41, 5.74) is 0.613. The van der Waals surface area contributed by atoms with E-state index in [2.05, 4.69) is 4.90 Å². The maximum Gasteiger partial charge on any atom is 0.348 e. The van der Waals surface area contributed by atoms with Crippen molar-refractivity contribution in [3.8, 4) is 0 Å². The van der Waals surface area contributed by atoms with Gasteiger partial charge in [-0.1, -0.05) is 12.5 Å². The molecule has 2 spiro atoms. The van der Waals surface area contributed by atoms with Gasteiger partial charge in [0.25, 0.3) is 5.79 Å². The standard InChI is InChI=1S/C27H29N3O7/c1-28-23(33)27(24(34)29(2)25(28)35)15-17-13-16(8-9-19(17)30-12-6-7-20(27)30)14-18-21(31)36-26(37-22(18)32)10-4-3-5-11-26/h8-9,13-14,20H,3-7,10-12,15H2,1-2H3/t20-/m1/s1. The molecule has 4 fully saturated rings. The lowest BCUT2D eigenvalue weighted by molar-refractivity contribution is -0.244. The van der Waals surface area contributed by atoms with Gasteiger partial charge in [0.05, 0.1) is 6.04 Å². The minimum Gasteiger partial charge on any atom is -0.419 e. The van der Waals surface area contributed by atoms with Gasteiger partial charge < -0.3 is 14.4 Å². The van der Waals surface area contributed by atoms with Crippen molar-refractivity contribution in [2.75, 3.05) is 25.5 Å². The number of anilines is 1. The van der Waals surface area contributed by atoms with E-state index in [9.17, 15) is 24.0 Å². The maximum absolute atomic E-state index is 13.6. The molecule has 1 aromatic carbocycles. The zero-order chi connectivity index (χ0) is 26.1. The molecule has 194 valence electrons. The number of rotatable bonds is 1. The summed E-state index contributed by atoms with van der Waals surface area (Å²) in [5, 5.41) is 0. The second-order valence-corrected chi connectivity index (χ2v) is 10.7. The molecular formula is C27H29N3O7. The van der Waals surface area contributed by atoms with Crippen LogP contribution in [0.1, 0.15) is 56.1 Å². The highest BCUT2D eigenvalue weighted by Crippen LogP contribution is 2.49. The number of ether oxygens (including phenoxy) is 2. The first-order valence-corrected chi connectivity index (χ1v) is 12.9. The Bertz CT molecular complexity index is 1230. The molecule has 0 bridgehead atoms. The fourth-order valence-corrected chi connectivity index (χ4v) is 6.76. The van der Waals surface area contributed by atoms with E-state index in [1.54, 1.807) is 12.1 Å². The van der Waals surface area contributed by atoms with Crippen LogP contribution >= 0.6 is 0 Å². The van der Waals surface area contributed by atoms with Gasteiger partial charge in [-0.15, -0.1) is 0 Å². The highest BCUT2D eigenvalue weighted by Gasteiger charge is 2.63. The molecular weight excluding hydrogens is 478 g/mol. The van der Waals surface area contributed by atoms with Gasteiger partial charge in [0.1, 0.15) is 5.57 Å². The van der Waals surface area contributed by atoms with Gasteiger partial charge in [0, 0.05) is 39.2 Å². The van der Waals surface area contributed by atoms with Crippen LogP contribution in [0.15, 0.2) is 23.8 Å². The first-order chi connectivity index (χ1) is 17.7. The Labute approximate surface area is 214 Å². The molecule has 1 atom stereocenters. The van der Waals surface area contributed by atoms with Crippen LogP contribution in [0.5, 0.6) is 0 Å². The predicted molar refractivity (Wildman–Crippen MR) is 130 cm³/mol. The Morgan fingerprint density at radius 3 is 2.19 bits per heavy atom. The molecule has 0 unspecified atom stereocenters. The number of carbonyl (C=O) groups excluding carboxylic acids is 5. The van der Waals surface area contributed by atoms with E-state index in [1.165, 1.54) is 20.2 Å². The van der Waals surface area contributed by atoms with Gasteiger partial charge in [0.2, 0.25) is 11.8 Å². The van der Waals surface area contributed by atoms with Gasteiger partial charge >= 0.3 is 18.0 Å². The van der Waals surface area contributed by atoms with E-state index in [0.717, 1.165) is 46.7 Å². The zero-order valence-electron chi connectivity index (χ0n) is 21.0. The zero-order valence-corrected chi connectivity index (χ0v) is 21.0. The van der Waals surface area contributed by atoms with Crippen LogP contribution in [0.25, 0.3) is 6.08 Å². The van der Waals surface area contributed by atoms with Gasteiger partial charge in [-0.2, -0.15) is 0 Å². The normalized spacial score (nSPS) is 26.3. The summed E-state index contributed by atoms with van der Waals surface area (Å²) in [5.74, 6) is -3.56. The molecule has 4 aliphatic heterocycles. The van der Waals surface area contributed by atoms with Crippen LogP contribution in [-0.4, -0.2) is 72.1 Å². The number of fused-ring (bicyclic) bond motifs is 4. The largest absolute Gasteiger partial charge is 0.419 e. The summed E-state index contributed by atoms with van der Waals surface area (Å²) in [4.78, 5) is 69.4. The Kier molecular flexibility index (Phi) is 5.22. The van der Waals surface area contributed by atoms with E-state index in [1.807, 2.05) is 6.07 Å². The van der Waals surface area contributed by atoms with Crippen LogP contribution in [0.4, 0.5) is 10.5 Å². The summed E-state index contributed by atoms with van der Waals surface area (Å²) in [6.45, 7) is 0.683. The molecule has 1 aromatic rings. The summed E-state index contributed by atoms with van der Waals surface area (Å²) in [6.07, 6.45) is 6.73. The van der Waals surface area contributed by atoms with E-state index >= 15 is 0 Å². The number of barbiturate groups is 1. The summed E-state index contributed by atoms with van der Waals surface area (Å²) < 4.78 is 11.2. The molecule has 0 radical (unpaired) electrons. The maximum atomic E-state index is 13.6. The number of amides is 4. The summed E-state index contributed by atoms with van der Waals surface area (Å²) >= 11 is 0. The third-order valence-corrected chi connectivity index (χ3v) is 8.57. The van der Waals surface area contributed by atoms with Crippen LogP contribution in [0.3, 0.4) is 0 Å². The lowest BCUT2D eigenvalue weighted by atomic mass is 9.68. The minimum absolute atomic E-state index is 0.123. The van der Waals surface area contributed by atoms with Crippen molar-refractivity contribution in [2.24, 2.45) is 5.41 Å². The number of benzene rings is 1. The second kappa shape index (κ2) is 8.16. The number of urea groups is 1. The van der Waals surface area contributed by atoms with E-state index in [0.29, 0.717) is 31.4 Å². The fraction of sp³-hybridized carbons (Fsp3) is 0.519. The second-order valence-electron chi connectivity index (χ2n) is 10.7. The molecule has 4 amide bonds. The molecule has 1 aliphatic carbocycles. The first-order valence-electron chi connectivity index (χ1n) is 12.9. The molecule has 0 N–H and O–H groups in total. The average molecular weight is 508 g/mol. The Balaban J connectivity index is 1.37. The average Bonchev–Trinajstić information content (AvgIpc) is 3.38. The van der Waals surface area contributed by atoms with E-state index < -0.39 is 41.0 Å². The molecule has 10 nitrogen and oxygen atoms in total. The topological polar surface area (TPSA) is 114 Å².